The largest absolute Gasteiger partial charge is 0.481 e. The first-order valence-electron chi connectivity index (χ1n) is 6.72. The molecule has 8 heteroatoms. The smallest absolute Gasteiger partial charge is 0.307 e. The van der Waals surface area contributed by atoms with E-state index in [9.17, 15) is 13.2 Å². The molecule has 1 aromatic carbocycles. The van der Waals surface area contributed by atoms with E-state index in [0.717, 1.165) is 4.70 Å². The van der Waals surface area contributed by atoms with Crippen molar-refractivity contribution >= 4 is 49.0 Å². The molecule has 22 heavy (non-hydrogen) atoms. The fraction of sp³-hybridized carbons (Fsp3) is 0.357. The van der Waals surface area contributed by atoms with Crippen molar-refractivity contribution < 1.29 is 18.3 Å². The SMILES string of the molecule is Cc1sc2ccc(Cl)cc2c1S(=O)(=O)N1CCC(C(=O)O)C1. The molecule has 2 heterocycles. The Hall–Kier alpha value is -1.15. The van der Waals surface area contributed by atoms with Crippen LogP contribution in [0.25, 0.3) is 10.1 Å². The molecule has 1 atom stereocenters. The van der Waals surface area contributed by atoms with Crippen LogP contribution in [0.3, 0.4) is 0 Å². The average molecular weight is 360 g/mol. The number of aryl methyl sites for hydroxylation is 1. The van der Waals surface area contributed by atoms with Gasteiger partial charge in [-0.15, -0.1) is 11.3 Å². The predicted octanol–water partition coefficient (Wildman–Crippen LogP) is 2.96. The summed E-state index contributed by atoms with van der Waals surface area (Å²) in [4.78, 5) is 12.0. The topological polar surface area (TPSA) is 74.7 Å². The van der Waals surface area contributed by atoms with Crippen molar-refractivity contribution in [3.8, 4) is 0 Å². The van der Waals surface area contributed by atoms with Crippen molar-refractivity contribution in [2.24, 2.45) is 5.92 Å². The summed E-state index contributed by atoms with van der Waals surface area (Å²) in [5.74, 6) is -1.59. The predicted molar refractivity (Wildman–Crippen MR) is 86.1 cm³/mol. The third-order valence-corrected chi connectivity index (χ3v) is 7.37. The van der Waals surface area contributed by atoms with Gasteiger partial charge in [0.05, 0.1) is 5.92 Å². The number of sulfonamides is 1. The van der Waals surface area contributed by atoms with E-state index in [0.29, 0.717) is 21.7 Å². The fourth-order valence-corrected chi connectivity index (χ4v) is 6.17. The number of nitrogens with zero attached hydrogens (tertiary/aromatic N) is 1. The van der Waals surface area contributed by atoms with Crippen LogP contribution in [0.2, 0.25) is 5.02 Å². The van der Waals surface area contributed by atoms with Gasteiger partial charge in [-0.2, -0.15) is 4.31 Å². The minimum absolute atomic E-state index is 0.0228. The summed E-state index contributed by atoms with van der Waals surface area (Å²) in [5, 5.41) is 10.1. The first kappa shape index (κ1) is 15.7. The minimum Gasteiger partial charge on any atom is -0.481 e. The molecule has 0 amide bonds. The van der Waals surface area contributed by atoms with Gasteiger partial charge < -0.3 is 5.11 Å². The van der Waals surface area contributed by atoms with Gasteiger partial charge in [0.1, 0.15) is 4.90 Å². The zero-order valence-electron chi connectivity index (χ0n) is 11.7. The van der Waals surface area contributed by atoms with E-state index in [1.807, 2.05) is 0 Å². The van der Waals surface area contributed by atoms with Crippen molar-refractivity contribution in [2.75, 3.05) is 13.1 Å². The molecule has 1 N–H and O–H groups in total. The van der Waals surface area contributed by atoms with Crippen LogP contribution >= 0.6 is 22.9 Å². The number of thiophene rings is 1. The van der Waals surface area contributed by atoms with Crippen molar-refractivity contribution in [2.45, 2.75) is 18.2 Å². The highest BCUT2D eigenvalue weighted by Crippen LogP contribution is 2.38. The van der Waals surface area contributed by atoms with Crippen molar-refractivity contribution in [1.29, 1.82) is 0 Å². The van der Waals surface area contributed by atoms with E-state index >= 15 is 0 Å². The van der Waals surface area contributed by atoms with Gasteiger partial charge in [0.2, 0.25) is 10.0 Å². The lowest BCUT2D eigenvalue weighted by molar-refractivity contribution is -0.141. The van der Waals surface area contributed by atoms with Gasteiger partial charge >= 0.3 is 5.97 Å². The second kappa shape index (κ2) is 5.49. The summed E-state index contributed by atoms with van der Waals surface area (Å²) in [7, 11) is -3.71. The lowest BCUT2D eigenvalue weighted by Crippen LogP contribution is -2.30. The van der Waals surface area contributed by atoms with Crippen molar-refractivity contribution in [1.82, 2.24) is 4.31 Å². The maximum Gasteiger partial charge on any atom is 0.307 e. The summed E-state index contributed by atoms with van der Waals surface area (Å²) >= 11 is 7.39. The Labute approximate surface area is 137 Å². The highest BCUT2D eigenvalue weighted by atomic mass is 35.5. The molecular formula is C14H14ClNO4S2. The molecule has 1 aliphatic heterocycles. The summed E-state index contributed by atoms with van der Waals surface area (Å²) < 4.78 is 27.9. The summed E-state index contributed by atoms with van der Waals surface area (Å²) in [6.45, 7) is 2.02. The number of hydrogen-bond acceptors (Lipinski definition) is 4. The van der Waals surface area contributed by atoms with Crippen LogP contribution in [0.15, 0.2) is 23.1 Å². The Morgan fingerprint density at radius 3 is 2.82 bits per heavy atom. The Bertz CT molecular complexity index is 859. The zero-order valence-corrected chi connectivity index (χ0v) is 14.1. The maximum absolute atomic E-state index is 12.9. The highest BCUT2D eigenvalue weighted by Gasteiger charge is 2.37. The van der Waals surface area contributed by atoms with E-state index < -0.39 is 21.9 Å². The van der Waals surface area contributed by atoms with Gasteiger partial charge in [-0.25, -0.2) is 8.42 Å². The molecule has 1 aromatic heterocycles. The van der Waals surface area contributed by atoms with Crippen LogP contribution in [0.1, 0.15) is 11.3 Å². The maximum atomic E-state index is 12.9. The van der Waals surface area contributed by atoms with Crippen LogP contribution in [-0.4, -0.2) is 36.9 Å². The molecule has 0 saturated carbocycles. The van der Waals surface area contributed by atoms with Crippen LogP contribution in [0, 0.1) is 12.8 Å². The zero-order chi connectivity index (χ0) is 16.1. The second-order valence-corrected chi connectivity index (χ2v) is 8.88. The van der Waals surface area contributed by atoms with Gasteiger partial charge in [-0.1, -0.05) is 11.6 Å². The van der Waals surface area contributed by atoms with Crippen LogP contribution < -0.4 is 0 Å². The molecule has 0 aliphatic carbocycles. The van der Waals surface area contributed by atoms with E-state index in [2.05, 4.69) is 0 Å². The quantitative estimate of drug-likeness (QED) is 0.914. The monoisotopic (exact) mass is 359 g/mol. The molecule has 1 saturated heterocycles. The molecule has 1 fully saturated rings. The molecular weight excluding hydrogens is 346 g/mol. The van der Waals surface area contributed by atoms with E-state index in [4.69, 9.17) is 16.7 Å². The highest BCUT2D eigenvalue weighted by molar-refractivity contribution is 7.89. The Morgan fingerprint density at radius 2 is 2.18 bits per heavy atom. The number of carboxylic acid groups (broad SMARTS) is 1. The number of halogens is 1. The summed E-state index contributed by atoms with van der Waals surface area (Å²) in [5.41, 5.74) is 0. The van der Waals surface area contributed by atoms with Gasteiger partial charge in [-0.05, 0) is 31.5 Å². The van der Waals surface area contributed by atoms with E-state index in [1.165, 1.54) is 15.6 Å². The normalized spacial score (nSPS) is 19.8. The molecule has 3 rings (SSSR count). The molecule has 0 spiro atoms. The van der Waals surface area contributed by atoms with Gasteiger partial charge in [0, 0.05) is 33.1 Å². The summed E-state index contributed by atoms with van der Waals surface area (Å²) in [6, 6.07) is 5.18. The third kappa shape index (κ3) is 2.52. The number of aliphatic carboxylic acids is 1. The number of carbonyl (C=O) groups is 1. The van der Waals surface area contributed by atoms with E-state index in [1.54, 1.807) is 25.1 Å². The number of rotatable bonds is 3. The van der Waals surface area contributed by atoms with Gasteiger partial charge in [0.25, 0.3) is 0 Å². The van der Waals surface area contributed by atoms with Crippen molar-refractivity contribution in [3.63, 3.8) is 0 Å². The molecule has 2 aromatic rings. The van der Waals surface area contributed by atoms with Gasteiger partial charge in [0.15, 0.2) is 0 Å². The number of hydrogen-bond donors (Lipinski definition) is 1. The first-order valence-corrected chi connectivity index (χ1v) is 9.36. The summed E-state index contributed by atoms with van der Waals surface area (Å²) in [6.07, 6.45) is 0.344. The second-order valence-electron chi connectivity index (χ2n) is 5.31. The van der Waals surface area contributed by atoms with Crippen LogP contribution in [-0.2, 0) is 14.8 Å². The lowest BCUT2D eigenvalue weighted by atomic mass is 10.1. The Morgan fingerprint density at radius 1 is 1.45 bits per heavy atom. The van der Waals surface area contributed by atoms with Crippen LogP contribution in [0.4, 0.5) is 0 Å². The molecule has 1 unspecified atom stereocenters. The number of benzene rings is 1. The average Bonchev–Trinajstić information content (AvgIpc) is 3.02. The molecule has 1 aliphatic rings. The molecule has 118 valence electrons. The van der Waals surface area contributed by atoms with Crippen molar-refractivity contribution in [3.05, 3.63) is 28.1 Å². The third-order valence-electron chi connectivity index (χ3n) is 3.87. The van der Waals surface area contributed by atoms with Gasteiger partial charge in [-0.3, -0.25) is 4.79 Å². The Balaban J connectivity index is 2.08. The minimum atomic E-state index is -3.71. The fourth-order valence-electron chi connectivity index (χ4n) is 2.77. The Kier molecular flexibility index (Phi) is 3.92. The number of carboxylic acids is 1. The van der Waals surface area contributed by atoms with E-state index in [-0.39, 0.29) is 18.0 Å². The molecule has 5 nitrogen and oxygen atoms in total. The lowest BCUT2D eigenvalue weighted by Gasteiger charge is -2.16. The molecule has 0 radical (unpaired) electrons. The van der Waals surface area contributed by atoms with Crippen LogP contribution in [0.5, 0.6) is 0 Å². The standard InChI is InChI=1S/C14H14ClNO4S2/c1-8-13(11-6-10(15)2-3-12(11)21-8)22(19,20)16-5-4-9(7-16)14(17)18/h2-3,6,9H,4-5,7H2,1H3,(H,17,18). The first-order chi connectivity index (χ1) is 10.3. The molecule has 0 bridgehead atoms. The number of fused-ring (bicyclic) bond motifs is 1.